The van der Waals surface area contributed by atoms with Crippen molar-refractivity contribution in [2.45, 2.75) is 19.9 Å². The molecule has 0 aliphatic heterocycles. The molecule has 1 heterocycles. The molecule has 0 aliphatic rings. The molecule has 0 saturated heterocycles. The lowest BCUT2D eigenvalue weighted by atomic mass is 10.1. The van der Waals surface area contributed by atoms with Crippen LogP contribution in [-0.4, -0.2) is 9.55 Å². The summed E-state index contributed by atoms with van der Waals surface area (Å²) in [7, 11) is 0. The number of aryl methyl sites for hydroxylation is 1. The summed E-state index contributed by atoms with van der Waals surface area (Å²) in [5.41, 5.74) is 8.01. The minimum atomic E-state index is 0.193. The van der Waals surface area contributed by atoms with E-state index < -0.39 is 0 Å². The Morgan fingerprint density at radius 3 is 2.75 bits per heavy atom. The summed E-state index contributed by atoms with van der Waals surface area (Å²) >= 11 is 3.47. The molecule has 84 valence electrons. The molecule has 0 aliphatic carbocycles. The van der Waals surface area contributed by atoms with E-state index in [1.165, 1.54) is 5.56 Å². The van der Waals surface area contributed by atoms with E-state index in [1.807, 2.05) is 29.8 Å². The molecule has 4 heteroatoms. The van der Waals surface area contributed by atoms with Crippen molar-refractivity contribution >= 4 is 21.9 Å². The SMILES string of the molecule is Cc1cn(C(C)c2cccc(Br)c2)c(N)n1. The summed E-state index contributed by atoms with van der Waals surface area (Å²) in [6.45, 7) is 4.06. The predicted molar refractivity (Wildman–Crippen MR) is 69.3 cm³/mol. The lowest BCUT2D eigenvalue weighted by Crippen LogP contribution is -2.09. The minimum absolute atomic E-state index is 0.193. The maximum absolute atomic E-state index is 5.86. The van der Waals surface area contributed by atoms with Gasteiger partial charge in [-0.3, -0.25) is 0 Å². The fraction of sp³-hybridized carbons (Fsp3) is 0.250. The first kappa shape index (κ1) is 11.2. The van der Waals surface area contributed by atoms with Crippen LogP contribution in [-0.2, 0) is 0 Å². The molecule has 0 radical (unpaired) electrons. The van der Waals surface area contributed by atoms with Gasteiger partial charge in [0.15, 0.2) is 0 Å². The molecule has 2 rings (SSSR count). The van der Waals surface area contributed by atoms with Gasteiger partial charge in [0.2, 0.25) is 5.95 Å². The number of anilines is 1. The van der Waals surface area contributed by atoms with Gasteiger partial charge in [-0.25, -0.2) is 4.98 Å². The highest BCUT2D eigenvalue weighted by atomic mass is 79.9. The molecule has 1 atom stereocenters. The lowest BCUT2D eigenvalue weighted by Gasteiger charge is -2.15. The Morgan fingerprint density at radius 2 is 2.19 bits per heavy atom. The van der Waals surface area contributed by atoms with Gasteiger partial charge in [0.1, 0.15) is 0 Å². The first-order valence-corrected chi connectivity index (χ1v) is 5.93. The monoisotopic (exact) mass is 279 g/mol. The smallest absolute Gasteiger partial charge is 0.200 e. The van der Waals surface area contributed by atoms with Gasteiger partial charge >= 0.3 is 0 Å². The van der Waals surface area contributed by atoms with Crippen molar-refractivity contribution in [3.05, 3.63) is 46.2 Å². The molecule has 1 aromatic heterocycles. The van der Waals surface area contributed by atoms with Gasteiger partial charge in [-0.2, -0.15) is 0 Å². The van der Waals surface area contributed by atoms with Crippen LogP contribution in [0.25, 0.3) is 0 Å². The molecule has 16 heavy (non-hydrogen) atoms. The number of hydrogen-bond acceptors (Lipinski definition) is 2. The fourth-order valence-corrected chi connectivity index (χ4v) is 2.19. The quantitative estimate of drug-likeness (QED) is 0.918. The van der Waals surface area contributed by atoms with E-state index in [0.29, 0.717) is 5.95 Å². The average Bonchev–Trinajstić information content (AvgIpc) is 2.57. The van der Waals surface area contributed by atoms with Crippen LogP contribution in [0.4, 0.5) is 5.95 Å². The summed E-state index contributed by atoms with van der Waals surface area (Å²) < 4.78 is 3.06. The highest BCUT2D eigenvalue weighted by Crippen LogP contribution is 2.23. The third-order valence-corrected chi connectivity index (χ3v) is 3.12. The number of nitrogens with two attached hydrogens (primary N) is 1. The lowest BCUT2D eigenvalue weighted by molar-refractivity contribution is 0.647. The largest absolute Gasteiger partial charge is 0.369 e. The maximum atomic E-state index is 5.86. The highest BCUT2D eigenvalue weighted by Gasteiger charge is 2.11. The van der Waals surface area contributed by atoms with E-state index in [2.05, 4.69) is 40.0 Å². The molecule has 0 saturated carbocycles. The molecule has 1 aromatic carbocycles. The zero-order valence-corrected chi connectivity index (χ0v) is 10.9. The zero-order valence-electron chi connectivity index (χ0n) is 9.31. The molecule has 2 aromatic rings. The zero-order chi connectivity index (χ0) is 11.7. The summed E-state index contributed by atoms with van der Waals surface area (Å²) in [6.07, 6.45) is 1.97. The topological polar surface area (TPSA) is 43.8 Å². The standard InChI is InChI=1S/C12H14BrN3/c1-8-7-16(12(14)15-8)9(2)10-4-3-5-11(13)6-10/h3-7,9H,1-2H3,(H2,14,15). The molecule has 3 nitrogen and oxygen atoms in total. The van der Waals surface area contributed by atoms with Gasteiger partial charge in [0.25, 0.3) is 0 Å². The first-order chi connectivity index (χ1) is 7.58. The van der Waals surface area contributed by atoms with Gasteiger partial charge in [0.05, 0.1) is 11.7 Å². The second-order valence-corrected chi connectivity index (χ2v) is 4.79. The van der Waals surface area contributed by atoms with Crippen LogP contribution in [0.15, 0.2) is 34.9 Å². The molecule has 0 bridgehead atoms. The van der Waals surface area contributed by atoms with E-state index >= 15 is 0 Å². The summed E-state index contributed by atoms with van der Waals surface area (Å²) in [5, 5.41) is 0. The number of nitrogen functional groups attached to an aromatic ring is 1. The van der Waals surface area contributed by atoms with Crippen LogP contribution in [0.1, 0.15) is 24.2 Å². The van der Waals surface area contributed by atoms with Crippen molar-refractivity contribution in [1.29, 1.82) is 0 Å². The Labute approximate surface area is 103 Å². The Morgan fingerprint density at radius 1 is 1.44 bits per heavy atom. The van der Waals surface area contributed by atoms with Gasteiger partial charge in [0, 0.05) is 10.7 Å². The molecule has 0 fully saturated rings. The summed E-state index contributed by atoms with van der Waals surface area (Å²) in [6, 6.07) is 8.41. The van der Waals surface area contributed by atoms with Crippen LogP contribution >= 0.6 is 15.9 Å². The van der Waals surface area contributed by atoms with E-state index in [9.17, 15) is 0 Å². The minimum Gasteiger partial charge on any atom is -0.369 e. The van der Waals surface area contributed by atoms with Gasteiger partial charge < -0.3 is 10.3 Å². The van der Waals surface area contributed by atoms with Crippen LogP contribution in [0, 0.1) is 6.92 Å². The molecular weight excluding hydrogens is 266 g/mol. The third-order valence-electron chi connectivity index (χ3n) is 2.63. The number of rotatable bonds is 2. The van der Waals surface area contributed by atoms with Crippen LogP contribution in [0.3, 0.4) is 0 Å². The van der Waals surface area contributed by atoms with Crippen molar-refractivity contribution in [3.63, 3.8) is 0 Å². The van der Waals surface area contributed by atoms with Crippen molar-refractivity contribution in [2.75, 3.05) is 5.73 Å². The van der Waals surface area contributed by atoms with Crippen molar-refractivity contribution in [3.8, 4) is 0 Å². The maximum Gasteiger partial charge on any atom is 0.200 e. The van der Waals surface area contributed by atoms with Gasteiger partial charge in [-0.15, -0.1) is 0 Å². The molecule has 0 spiro atoms. The number of nitrogens with zero attached hydrogens (tertiary/aromatic N) is 2. The Hall–Kier alpha value is -1.29. The first-order valence-electron chi connectivity index (χ1n) is 5.14. The summed E-state index contributed by atoms with van der Waals surface area (Å²) in [5.74, 6) is 0.560. The predicted octanol–water partition coefficient (Wildman–Crippen LogP) is 3.15. The Balaban J connectivity index is 2.38. The number of hydrogen-bond donors (Lipinski definition) is 1. The Bertz CT molecular complexity index is 505. The van der Waals surface area contributed by atoms with E-state index in [0.717, 1.165) is 10.2 Å². The van der Waals surface area contributed by atoms with Crippen LogP contribution < -0.4 is 5.73 Å². The molecule has 2 N–H and O–H groups in total. The second-order valence-electron chi connectivity index (χ2n) is 3.88. The van der Waals surface area contributed by atoms with Crippen LogP contribution in [0.5, 0.6) is 0 Å². The number of aromatic nitrogens is 2. The fourth-order valence-electron chi connectivity index (χ4n) is 1.77. The van der Waals surface area contributed by atoms with E-state index in [4.69, 9.17) is 5.73 Å². The third kappa shape index (κ3) is 2.11. The molecular formula is C12H14BrN3. The van der Waals surface area contributed by atoms with Gasteiger partial charge in [-0.05, 0) is 31.5 Å². The van der Waals surface area contributed by atoms with Crippen molar-refractivity contribution < 1.29 is 0 Å². The highest BCUT2D eigenvalue weighted by molar-refractivity contribution is 9.10. The van der Waals surface area contributed by atoms with Crippen LogP contribution in [0.2, 0.25) is 0 Å². The summed E-state index contributed by atoms with van der Waals surface area (Å²) in [4.78, 5) is 4.21. The average molecular weight is 280 g/mol. The molecule has 0 amide bonds. The number of benzene rings is 1. The number of halogens is 1. The normalized spacial score (nSPS) is 12.7. The Kier molecular flexibility index (Phi) is 3.01. The van der Waals surface area contributed by atoms with E-state index in [1.54, 1.807) is 0 Å². The molecule has 1 unspecified atom stereocenters. The second kappa shape index (κ2) is 4.29. The van der Waals surface area contributed by atoms with Crippen molar-refractivity contribution in [2.24, 2.45) is 0 Å². The number of imidazole rings is 1. The van der Waals surface area contributed by atoms with Crippen molar-refractivity contribution in [1.82, 2.24) is 9.55 Å². The van der Waals surface area contributed by atoms with Gasteiger partial charge in [-0.1, -0.05) is 28.1 Å². The van der Waals surface area contributed by atoms with E-state index in [-0.39, 0.29) is 6.04 Å².